The van der Waals surface area contributed by atoms with Gasteiger partial charge >= 0.3 is 0 Å². The second kappa shape index (κ2) is 7.46. The molecule has 1 saturated carbocycles. The summed E-state index contributed by atoms with van der Waals surface area (Å²) in [6.45, 7) is 7.71. The molecule has 1 aliphatic carbocycles. The SMILES string of the molecule is CC(C)CNCc1ccc(Br)cc1N(C)CC1CCC1. The second-order valence-corrected chi connectivity index (χ2v) is 7.39. The quantitative estimate of drug-likeness (QED) is 0.790. The van der Waals surface area contributed by atoms with Crippen molar-refractivity contribution in [2.75, 3.05) is 25.0 Å². The van der Waals surface area contributed by atoms with E-state index >= 15 is 0 Å². The van der Waals surface area contributed by atoms with Crippen molar-refractivity contribution in [1.29, 1.82) is 0 Å². The highest BCUT2D eigenvalue weighted by atomic mass is 79.9. The van der Waals surface area contributed by atoms with Gasteiger partial charge in [-0.1, -0.05) is 42.3 Å². The molecular weight excluding hydrogens is 312 g/mol. The standard InChI is InChI=1S/C17H27BrN2/c1-13(2)10-19-11-15-7-8-16(18)9-17(15)20(3)12-14-5-4-6-14/h7-9,13-14,19H,4-6,10-12H2,1-3H3. The number of rotatable bonds is 7. The topological polar surface area (TPSA) is 15.3 Å². The molecule has 3 heteroatoms. The largest absolute Gasteiger partial charge is 0.374 e. The first-order chi connectivity index (χ1) is 9.56. The van der Waals surface area contributed by atoms with E-state index in [2.05, 4.69) is 65.2 Å². The first-order valence-electron chi connectivity index (χ1n) is 7.76. The molecule has 0 aromatic heterocycles. The smallest absolute Gasteiger partial charge is 0.0420 e. The molecule has 0 bridgehead atoms. The Labute approximate surface area is 132 Å². The van der Waals surface area contributed by atoms with Crippen LogP contribution in [0.1, 0.15) is 38.7 Å². The van der Waals surface area contributed by atoms with Gasteiger partial charge in [-0.15, -0.1) is 0 Å². The lowest BCUT2D eigenvalue weighted by atomic mass is 9.85. The fourth-order valence-corrected chi connectivity index (χ4v) is 3.05. The molecule has 1 fully saturated rings. The highest BCUT2D eigenvalue weighted by Gasteiger charge is 2.20. The maximum absolute atomic E-state index is 3.61. The lowest BCUT2D eigenvalue weighted by molar-refractivity contribution is 0.321. The van der Waals surface area contributed by atoms with E-state index in [9.17, 15) is 0 Å². The Morgan fingerprint density at radius 2 is 2.10 bits per heavy atom. The van der Waals surface area contributed by atoms with E-state index in [4.69, 9.17) is 0 Å². The van der Waals surface area contributed by atoms with Gasteiger partial charge < -0.3 is 10.2 Å². The molecule has 0 aliphatic heterocycles. The Kier molecular flexibility index (Phi) is 5.91. The number of hydrogen-bond acceptors (Lipinski definition) is 2. The van der Waals surface area contributed by atoms with Gasteiger partial charge in [-0.3, -0.25) is 0 Å². The van der Waals surface area contributed by atoms with E-state index in [-0.39, 0.29) is 0 Å². The van der Waals surface area contributed by atoms with Gasteiger partial charge in [-0.25, -0.2) is 0 Å². The number of halogens is 1. The fraction of sp³-hybridized carbons (Fsp3) is 0.647. The molecule has 2 rings (SSSR count). The number of nitrogens with one attached hydrogen (secondary N) is 1. The lowest BCUT2D eigenvalue weighted by Gasteiger charge is -2.32. The summed E-state index contributed by atoms with van der Waals surface area (Å²) in [4.78, 5) is 2.43. The first-order valence-corrected chi connectivity index (χ1v) is 8.56. The molecule has 0 saturated heterocycles. The monoisotopic (exact) mass is 338 g/mol. The molecule has 1 N–H and O–H groups in total. The summed E-state index contributed by atoms with van der Waals surface area (Å²) in [6, 6.07) is 6.64. The highest BCUT2D eigenvalue weighted by molar-refractivity contribution is 9.10. The third kappa shape index (κ3) is 4.49. The lowest BCUT2D eigenvalue weighted by Crippen LogP contribution is -2.30. The van der Waals surface area contributed by atoms with Crippen molar-refractivity contribution in [3.05, 3.63) is 28.2 Å². The van der Waals surface area contributed by atoms with Gasteiger partial charge in [0.2, 0.25) is 0 Å². The van der Waals surface area contributed by atoms with E-state index in [1.54, 1.807) is 0 Å². The molecule has 2 nitrogen and oxygen atoms in total. The van der Waals surface area contributed by atoms with Crippen LogP contribution in [0, 0.1) is 11.8 Å². The molecule has 0 unspecified atom stereocenters. The highest BCUT2D eigenvalue weighted by Crippen LogP contribution is 2.30. The molecule has 0 atom stereocenters. The van der Waals surface area contributed by atoms with Crippen LogP contribution in [0.4, 0.5) is 5.69 Å². The first kappa shape index (κ1) is 15.8. The Hall–Kier alpha value is -0.540. The number of benzene rings is 1. The van der Waals surface area contributed by atoms with Crippen molar-refractivity contribution in [2.45, 2.75) is 39.7 Å². The Morgan fingerprint density at radius 1 is 1.35 bits per heavy atom. The second-order valence-electron chi connectivity index (χ2n) is 6.48. The van der Waals surface area contributed by atoms with E-state index in [1.165, 1.54) is 41.5 Å². The van der Waals surface area contributed by atoms with E-state index in [1.807, 2.05) is 0 Å². The van der Waals surface area contributed by atoms with Crippen molar-refractivity contribution >= 4 is 21.6 Å². The summed E-state index contributed by atoms with van der Waals surface area (Å²) in [5.41, 5.74) is 2.76. The zero-order valence-corrected chi connectivity index (χ0v) is 14.5. The van der Waals surface area contributed by atoms with Crippen LogP contribution in [0.15, 0.2) is 22.7 Å². The van der Waals surface area contributed by atoms with E-state index in [0.717, 1.165) is 19.0 Å². The van der Waals surface area contributed by atoms with Gasteiger partial charge in [0.15, 0.2) is 0 Å². The average Bonchev–Trinajstić information content (AvgIpc) is 2.35. The summed E-state index contributed by atoms with van der Waals surface area (Å²) in [7, 11) is 2.23. The minimum absolute atomic E-state index is 0.696. The fourth-order valence-electron chi connectivity index (χ4n) is 2.70. The molecule has 1 aromatic carbocycles. The van der Waals surface area contributed by atoms with Crippen LogP contribution < -0.4 is 10.2 Å². The minimum Gasteiger partial charge on any atom is -0.374 e. The van der Waals surface area contributed by atoms with Crippen LogP contribution in [0.2, 0.25) is 0 Å². The van der Waals surface area contributed by atoms with Crippen LogP contribution in [0.25, 0.3) is 0 Å². The molecule has 0 amide bonds. The van der Waals surface area contributed by atoms with Crippen molar-refractivity contribution in [2.24, 2.45) is 11.8 Å². The molecular formula is C17H27BrN2. The van der Waals surface area contributed by atoms with Crippen molar-refractivity contribution in [3.8, 4) is 0 Å². The zero-order valence-electron chi connectivity index (χ0n) is 13.0. The van der Waals surface area contributed by atoms with Crippen LogP contribution in [0.3, 0.4) is 0 Å². The summed E-state index contributed by atoms with van der Waals surface area (Å²) in [6.07, 6.45) is 4.22. The molecule has 0 spiro atoms. The molecule has 1 aromatic rings. The molecule has 1 aliphatic rings. The molecule has 0 heterocycles. The molecule has 20 heavy (non-hydrogen) atoms. The van der Waals surface area contributed by atoms with Crippen LogP contribution in [0.5, 0.6) is 0 Å². The normalized spacial score (nSPS) is 15.4. The van der Waals surface area contributed by atoms with Gasteiger partial charge in [-0.05, 0) is 48.9 Å². The minimum atomic E-state index is 0.696. The van der Waals surface area contributed by atoms with Gasteiger partial charge in [0.1, 0.15) is 0 Å². The van der Waals surface area contributed by atoms with Gasteiger partial charge in [0.25, 0.3) is 0 Å². The Balaban J connectivity index is 2.01. The average molecular weight is 339 g/mol. The Morgan fingerprint density at radius 3 is 2.70 bits per heavy atom. The number of hydrogen-bond donors (Lipinski definition) is 1. The van der Waals surface area contributed by atoms with Crippen molar-refractivity contribution in [1.82, 2.24) is 5.32 Å². The summed E-state index contributed by atoms with van der Waals surface area (Å²) < 4.78 is 1.17. The third-order valence-corrected chi connectivity index (χ3v) is 4.58. The van der Waals surface area contributed by atoms with Crippen molar-refractivity contribution < 1.29 is 0 Å². The number of anilines is 1. The maximum atomic E-state index is 3.61. The Bertz CT molecular complexity index is 427. The third-order valence-electron chi connectivity index (χ3n) is 4.08. The zero-order chi connectivity index (χ0) is 14.5. The predicted molar refractivity (Wildman–Crippen MR) is 91.3 cm³/mol. The van der Waals surface area contributed by atoms with Crippen LogP contribution in [-0.4, -0.2) is 20.1 Å². The summed E-state index contributed by atoms with van der Waals surface area (Å²) >= 11 is 3.61. The molecule has 0 radical (unpaired) electrons. The van der Waals surface area contributed by atoms with Crippen LogP contribution >= 0.6 is 15.9 Å². The van der Waals surface area contributed by atoms with E-state index in [0.29, 0.717) is 5.92 Å². The van der Waals surface area contributed by atoms with Crippen LogP contribution in [-0.2, 0) is 6.54 Å². The van der Waals surface area contributed by atoms with Crippen molar-refractivity contribution in [3.63, 3.8) is 0 Å². The summed E-state index contributed by atoms with van der Waals surface area (Å²) in [5.74, 6) is 1.59. The maximum Gasteiger partial charge on any atom is 0.0420 e. The molecule has 112 valence electrons. The number of nitrogens with zero attached hydrogens (tertiary/aromatic N) is 1. The van der Waals surface area contributed by atoms with Gasteiger partial charge in [-0.2, -0.15) is 0 Å². The van der Waals surface area contributed by atoms with Gasteiger partial charge in [0.05, 0.1) is 0 Å². The predicted octanol–water partition coefficient (Wildman–Crippen LogP) is 4.43. The van der Waals surface area contributed by atoms with E-state index < -0.39 is 0 Å². The van der Waals surface area contributed by atoms with Gasteiger partial charge in [0, 0.05) is 30.3 Å². The summed E-state index contributed by atoms with van der Waals surface area (Å²) in [5, 5.41) is 3.56.